The van der Waals surface area contributed by atoms with Crippen molar-refractivity contribution in [2.75, 3.05) is 19.7 Å². The number of aromatic amines is 1. The largest absolute Gasteiger partial charge is 0.462 e. The van der Waals surface area contributed by atoms with E-state index in [1.54, 1.807) is 25.7 Å². The van der Waals surface area contributed by atoms with Gasteiger partial charge in [0.2, 0.25) is 5.91 Å². The lowest BCUT2D eigenvalue weighted by atomic mass is 9.84. The third-order valence-corrected chi connectivity index (χ3v) is 5.51. The highest BCUT2D eigenvalue weighted by atomic mass is 16.5. The number of carbonyl (C=O) groups excluding carboxylic acids is 3. The maximum absolute atomic E-state index is 13.0. The van der Waals surface area contributed by atoms with E-state index in [-0.39, 0.29) is 29.7 Å². The van der Waals surface area contributed by atoms with Gasteiger partial charge >= 0.3 is 5.97 Å². The smallest absolute Gasteiger partial charge is 0.340 e. The minimum Gasteiger partial charge on any atom is -0.462 e. The molecule has 0 aromatic carbocycles. The Labute approximate surface area is 167 Å². The molecule has 0 spiro atoms. The first kappa shape index (κ1) is 22.0. The number of piperidine rings is 1. The van der Waals surface area contributed by atoms with E-state index < -0.39 is 5.97 Å². The lowest BCUT2D eigenvalue weighted by Crippen LogP contribution is -2.44. The van der Waals surface area contributed by atoms with Crippen LogP contribution in [0.15, 0.2) is 0 Å². The summed E-state index contributed by atoms with van der Waals surface area (Å²) in [6.45, 7) is 12.7. The number of nitrogens with zero attached hydrogens (tertiary/aromatic N) is 1. The molecule has 2 amide bonds. The third kappa shape index (κ3) is 4.75. The van der Waals surface area contributed by atoms with Crippen LogP contribution in [0.25, 0.3) is 0 Å². The van der Waals surface area contributed by atoms with Gasteiger partial charge in [0, 0.05) is 30.7 Å². The second-order valence-electron chi connectivity index (χ2n) is 7.93. The molecule has 1 saturated heterocycles. The van der Waals surface area contributed by atoms with Gasteiger partial charge in [0.25, 0.3) is 5.91 Å². The van der Waals surface area contributed by atoms with Gasteiger partial charge in [0.15, 0.2) is 0 Å². The fourth-order valence-electron chi connectivity index (χ4n) is 3.86. The molecule has 0 radical (unpaired) electrons. The first-order valence-corrected chi connectivity index (χ1v) is 10.1. The van der Waals surface area contributed by atoms with Crippen molar-refractivity contribution in [1.29, 1.82) is 0 Å². The molecule has 1 aliphatic rings. The van der Waals surface area contributed by atoms with E-state index in [9.17, 15) is 14.4 Å². The number of aromatic nitrogens is 1. The minimum absolute atomic E-state index is 0.0652. The molecule has 0 saturated carbocycles. The zero-order chi connectivity index (χ0) is 21.0. The normalized spacial score (nSPS) is 16.2. The molecule has 2 rings (SSSR count). The number of carbonyl (C=O) groups is 3. The van der Waals surface area contributed by atoms with Crippen molar-refractivity contribution < 1.29 is 19.1 Å². The SMILES string of the molecule is CCOC(=O)c1c(C)[nH]c(C(=O)N2CCC(C(C)C(=O)NC(C)C)CC2)c1C. The molecule has 0 aliphatic carbocycles. The summed E-state index contributed by atoms with van der Waals surface area (Å²) in [5.74, 6) is -0.228. The topological polar surface area (TPSA) is 91.5 Å². The molecule has 1 atom stereocenters. The molecule has 2 heterocycles. The van der Waals surface area contributed by atoms with Gasteiger partial charge in [-0.05, 0) is 58.9 Å². The van der Waals surface area contributed by atoms with Gasteiger partial charge in [0.05, 0.1) is 12.2 Å². The Morgan fingerprint density at radius 3 is 2.32 bits per heavy atom. The number of aryl methyl sites for hydroxylation is 1. The standard InChI is InChI=1S/C21H33N3O4/c1-7-28-21(27)17-14(5)18(23-15(17)6)20(26)24-10-8-16(9-11-24)13(4)19(25)22-12(2)3/h12-13,16,23H,7-11H2,1-6H3,(H,22,25). The third-order valence-electron chi connectivity index (χ3n) is 5.51. The Balaban J connectivity index is 2.03. The van der Waals surface area contributed by atoms with Gasteiger partial charge in [-0.3, -0.25) is 9.59 Å². The van der Waals surface area contributed by atoms with Crippen LogP contribution in [0, 0.1) is 25.7 Å². The summed E-state index contributed by atoms with van der Waals surface area (Å²) < 4.78 is 5.10. The van der Waals surface area contributed by atoms with E-state index in [1.165, 1.54) is 0 Å². The molecule has 28 heavy (non-hydrogen) atoms. The summed E-state index contributed by atoms with van der Waals surface area (Å²) in [7, 11) is 0. The molecule has 1 unspecified atom stereocenters. The minimum atomic E-state index is -0.406. The number of H-pyrrole nitrogens is 1. The van der Waals surface area contributed by atoms with Crippen LogP contribution < -0.4 is 5.32 Å². The van der Waals surface area contributed by atoms with E-state index in [0.29, 0.717) is 42.2 Å². The summed E-state index contributed by atoms with van der Waals surface area (Å²) >= 11 is 0. The molecular weight excluding hydrogens is 358 g/mol. The van der Waals surface area contributed by atoms with Crippen LogP contribution in [-0.2, 0) is 9.53 Å². The van der Waals surface area contributed by atoms with Crippen molar-refractivity contribution >= 4 is 17.8 Å². The fourth-order valence-corrected chi connectivity index (χ4v) is 3.86. The van der Waals surface area contributed by atoms with E-state index >= 15 is 0 Å². The van der Waals surface area contributed by atoms with Gasteiger partial charge in [-0.1, -0.05) is 6.92 Å². The first-order valence-electron chi connectivity index (χ1n) is 10.1. The molecule has 1 aliphatic heterocycles. The Bertz CT molecular complexity index is 730. The van der Waals surface area contributed by atoms with Crippen LogP contribution in [0.1, 0.15) is 72.6 Å². The predicted molar refractivity (Wildman–Crippen MR) is 107 cm³/mol. The summed E-state index contributed by atoms with van der Waals surface area (Å²) in [5, 5.41) is 2.97. The Morgan fingerprint density at radius 1 is 1.18 bits per heavy atom. The maximum Gasteiger partial charge on any atom is 0.340 e. The van der Waals surface area contributed by atoms with Crippen LogP contribution in [0.4, 0.5) is 0 Å². The van der Waals surface area contributed by atoms with E-state index in [4.69, 9.17) is 4.74 Å². The van der Waals surface area contributed by atoms with Gasteiger partial charge in [-0.15, -0.1) is 0 Å². The lowest BCUT2D eigenvalue weighted by molar-refractivity contribution is -0.127. The van der Waals surface area contributed by atoms with Gasteiger partial charge in [-0.2, -0.15) is 0 Å². The van der Waals surface area contributed by atoms with Crippen LogP contribution in [0.3, 0.4) is 0 Å². The quantitative estimate of drug-likeness (QED) is 0.730. The monoisotopic (exact) mass is 391 g/mol. The number of hydrogen-bond donors (Lipinski definition) is 2. The Kier molecular flexibility index (Phi) is 7.27. The Hall–Kier alpha value is -2.31. The molecule has 156 valence electrons. The summed E-state index contributed by atoms with van der Waals surface area (Å²) in [5.41, 5.74) is 2.17. The van der Waals surface area contributed by atoms with Gasteiger partial charge in [-0.25, -0.2) is 4.79 Å². The lowest BCUT2D eigenvalue weighted by Gasteiger charge is -2.34. The summed E-state index contributed by atoms with van der Waals surface area (Å²) in [6.07, 6.45) is 1.59. The number of esters is 1. The number of rotatable bonds is 6. The average molecular weight is 392 g/mol. The highest BCUT2D eigenvalue weighted by Crippen LogP contribution is 2.27. The van der Waals surface area contributed by atoms with Crippen molar-refractivity contribution in [3.63, 3.8) is 0 Å². The zero-order valence-electron chi connectivity index (χ0n) is 17.8. The molecule has 1 aromatic heterocycles. The van der Waals surface area contributed by atoms with Crippen molar-refractivity contribution in [3.8, 4) is 0 Å². The van der Waals surface area contributed by atoms with Crippen molar-refractivity contribution in [2.24, 2.45) is 11.8 Å². The summed E-state index contributed by atoms with van der Waals surface area (Å²) in [4.78, 5) is 42.3. The first-order chi connectivity index (χ1) is 13.2. The van der Waals surface area contributed by atoms with Crippen molar-refractivity contribution in [3.05, 3.63) is 22.5 Å². The van der Waals surface area contributed by atoms with E-state index in [0.717, 1.165) is 12.8 Å². The second-order valence-corrected chi connectivity index (χ2v) is 7.93. The molecule has 1 aromatic rings. The number of ether oxygens (including phenoxy) is 1. The molecule has 1 fully saturated rings. The van der Waals surface area contributed by atoms with Crippen molar-refractivity contribution in [2.45, 2.75) is 60.4 Å². The van der Waals surface area contributed by atoms with Gasteiger partial charge in [0.1, 0.15) is 5.69 Å². The van der Waals surface area contributed by atoms with Crippen LogP contribution in [0.5, 0.6) is 0 Å². The number of hydrogen-bond acceptors (Lipinski definition) is 4. The molecule has 7 nitrogen and oxygen atoms in total. The number of amides is 2. The van der Waals surface area contributed by atoms with E-state index in [2.05, 4.69) is 10.3 Å². The van der Waals surface area contributed by atoms with Gasteiger partial charge < -0.3 is 19.9 Å². The van der Waals surface area contributed by atoms with Crippen LogP contribution >= 0.6 is 0 Å². The highest BCUT2D eigenvalue weighted by Gasteiger charge is 2.32. The molecule has 0 bridgehead atoms. The second kappa shape index (κ2) is 9.26. The molecular formula is C21H33N3O4. The van der Waals surface area contributed by atoms with Crippen molar-refractivity contribution in [1.82, 2.24) is 15.2 Å². The van der Waals surface area contributed by atoms with Crippen LogP contribution in [-0.4, -0.2) is 53.4 Å². The number of likely N-dealkylation sites (tertiary alicyclic amines) is 1. The predicted octanol–water partition coefficient (Wildman–Crippen LogP) is 2.82. The summed E-state index contributed by atoms with van der Waals surface area (Å²) in [6, 6.07) is 0.129. The average Bonchev–Trinajstić information content (AvgIpc) is 2.94. The molecule has 7 heteroatoms. The zero-order valence-corrected chi connectivity index (χ0v) is 17.8. The highest BCUT2D eigenvalue weighted by molar-refractivity contribution is 6.00. The van der Waals surface area contributed by atoms with E-state index in [1.807, 2.05) is 20.8 Å². The Morgan fingerprint density at radius 2 is 1.79 bits per heavy atom. The van der Waals surface area contributed by atoms with Crippen LogP contribution in [0.2, 0.25) is 0 Å². The number of nitrogens with one attached hydrogen (secondary N) is 2. The molecule has 2 N–H and O–H groups in total. The fraction of sp³-hybridized carbons (Fsp3) is 0.667. The maximum atomic E-state index is 13.0.